The number of fused-ring (bicyclic) bond motifs is 4. The third kappa shape index (κ3) is 4.47. The first-order valence-electron chi connectivity index (χ1n) is 11.1. The van der Waals surface area contributed by atoms with Gasteiger partial charge in [0.15, 0.2) is 0 Å². The zero-order chi connectivity index (χ0) is 25.3. The molecule has 0 radical (unpaired) electrons. The summed E-state index contributed by atoms with van der Waals surface area (Å²) in [5.41, 5.74) is 1.77. The van der Waals surface area contributed by atoms with Crippen molar-refractivity contribution < 1.29 is 39.6 Å². The lowest BCUT2D eigenvalue weighted by Gasteiger charge is -2.36. The number of aliphatic carboxylic acids is 4. The van der Waals surface area contributed by atoms with E-state index in [0.717, 1.165) is 21.9 Å². The zero-order valence-corrected chi connectivity index (χ0v) is 18.7. The predicted molar refractivity (Wildman–Crippen MR) is 126 cm³/mol. The van der Waals surface area contributed by atoms with Crippen molar-refractivity contribution in [3.63, 3.8) is 0 Å². The Bertz CT molecular complexity index is 1310. The number of carboxylic acid groups (broad SMARTS) is 4. The number of carboxylic acids is 4. The van der Waals surface area contributed by atoms with Crippen molar-refractivity contribution in [3.8, 4) is 11.1 Å². The molecule has 35 heavy (non-hydrogen) atoms. The molecule has 4 rings (SSSR count). The highest BCUT2D eigenvalue weighted by Crippen LogP contribution is 2.56. The fraction of sp³-hybridized carbons (Fsp3) is 0.259. The molecule has 4 N–H and O–H groups in total. The van der Waals surface area contributed by atoms with Gasteiger partial charge in [0.1, 0.15) is 0 Å². The Hall–Kier alpha value is -4.20. The summed E-state index contributed by atoms with van der Waals surface area (Å²) < 4.78 is 0. The molecule has 180 valence electrons. The molecule has 3 aromatic rings. The topological polar surface area (TPSA) is 149 Å². The summed E-state index contributed by atoms with van der Waals surface area (Å²) in [4.78, 5) is 47.2. The molecule has 0 aromatic heterocycles. The Morgan fingerprint density at radius 1 is 0.629 bits per heavy atom. The van der Waals surface area contributed by atoms with E-state index < -0.39 is 54.0 Å². The largest absolute Gasteiger partial charge is 0.481 e. The van der Waals surface area contributed by atoms with Crippen LogP contribution >= 0.6 is 0 Å². The number of carbonyl (C=O) groups is 4. The maximum Gasteiger partial charge on any atom is 0.307 e. The summed E-state index contributed by atoms with van der Waals surface area (Å²) in [7, 11) is 0. The fourth-order valence-corrected chi connectivity index (χ4v) is 5.42. The van der Waals surface area contributed by atoms with Crippen LogP contribution in [0.5, 0.6) is 0 Å². The third-order valence-electron chi connectivity index (χ3n) is 6.86. The number of benzene rings is 3. The SMILES string of the molecule is O=C(O)CC(CC1(CC(CC(=O)O)C(=O)O)c2ccccc2-c2cc3ccccc3cc21)C(=O)O. The van der Waals surface area contributed by atoms with E-state index in [1.54, 1.807) is 12.1 Å². The average molecular weight is 476 g/mol. The van der Waals surface area contributed by atoms with Crippen LogP contribution in [-0.2, 0) is 24.6 Å². The van der Waals surface area contributed by atoms with Gasteiger partial charge in [-0.3, -0.25) is 19.2 Å². The molecule has 3 aromatic carbocycles. The smallest absolute Gasteiger partial charge is 0.307 e. The Kier molecular flexibility index (Phi) is 6.30. The molecule has 2 unspecified atom stereocenters. The summed E-state index contributed by atoms with van der Waals surface area (Å²) in [5.74, 6) is -7.78. The van der Waals surface area contributed by atoms with E-state index in [4.69, 9.17) is 0 Å². The van der Waals surface area contributed by atoms with Crippen molar-refractivity contribution >= 4 is 34.6 Å². The molecular formula is C27H24O8. The molecule has 8 heteroatoms. The molecule has 0 saturated carbocycles. The fourth-order valence-electron chi connectivity index (χ4n) is 5.42. The van der Waals surface area contributed by atoms with Gasteiger partial charge in [-0.05, 0) is 58.0 Å². The van der Waals surface area contributed by atoms with E-state index in [1.165, 1.54) is 0 Å². The molecule has 0 saturated heterocycles. The van der Waals surface area contributed by atoms with Crippen LogP contribution in [0.25, 0.3) is 21.9 Å². The van der Waals surface area contributed by atoms with Gasteiger partial charge in [0.05, 0.1) is 24.7 Å². The van der Waals surface area contributed by atoms with Crippen LogP contribution in [0.3, 0.4) is 0 Å². The standard InChI is InChI=1S/C27H24O8/c28-23(29)11-17(25(32)33)13-27(14-18(26(34)35)12-24(30)31)21-8-4-3-7-19(21)20-9-15-5-1-2-6-16(15)10-22(20)27/h1-10,17-18H,11-14H2,(H,28,29)(H,30,31)(H,32,33)(H,34,35). The lowest BCUT2D eigenvalue weighted by atomic mass is 9.66. The minimum Gasteiger partial charge on any atom is -0.481 e. The third-order valence-corrected chi connectivity index (χ3v) is 6.86. The minimum absolute atomic E-state index is 0.180. The molecule has 1 aliphatic rings. The van der Waals surface area contributed by atoms with Crippen molar-refractivity contribution in [2.45, 2.75) is 31.1 Å². The molecule has 1 aliphatic carbocycles. The van der Waals surface area contributed by atoms with E-state index >= 15 is 0 Å². The van der Waals surface area contributed by atoms with Gasteiger partial charge in [-0.2, -0.15) is 0 Å². The Morgan fingerprint density at radius 3 is 1.63 bits per heavy atom. The van der Waals surface area contributed by atoms with Crippen molar-refractivity contribution in [2.75, 3.05) is 0 Å². The van der Waals surface area contributed by atoms with Gasteiger partial charge in [-0.1, -0.05) is 48.5 Å². The van der Waals surface area contributed by atoms with Gasteiger partial charge in [-0.15, -0.1) is 0 Å². The maximum absolute atomic E-state index is 12.1. The van der Waals surface area contributed by atoms with Gasteiger partial charge in [0, 0.05) is 5.41 Å². The van der Waals surface area contributed by atoms with Gasteiger partial charge in [0.25, 0.3) is 0 Å². The predicted octanol–water partition coefficient (Wildman–Crippen LogP) is 4.24. The van der Waals surface area contributed by atoms with Crippen LogP contribution in [-0.4, -0.2) is 44.3 Å². The summed E-state index contributed by atoms with van der Waals surface area (Å²) in [5, 5.41) is 40.3. The second-order valence-electron chi connectivity index (χ2n) is 9.05. The molecular weight excluding hydrogens is 452 g/mol. The molecule has 2 atom stereocenters. The quantitative estimate of drug-likeness (QED) is 0.339. The van der Waals surface area contributed by atoms with Gasteiger partial charge < -0.3 is 20.4 Å². The Balaban J connectivity index is 2.00. The van der Waals surface area contributed by atoms with Gasteiger partial charge >= 0.3 is 23.9 Å². The first-order valence-corrected chi connectivity index (χ1v) is 11.1. The summed E-state index contributed by atoms with van der Waals surface area (Å²) >= 11 is 0. The molecule has 0 spiro atoms. The van der Waals surface area contributed by atoms with Gasteiger partial charge in [-0.25, -0.2) is 0 Å². The zero-order valence-electron chi connectivity index (χ0n) is 18.7. The highest BCUT2D eigenvalue weighted by Gasteiger charge is 2.48. The van der Waals surface area contributed by atoms with Crippen molar-refractivity contribution in [2.24, 2.45) is 11.8 Å². The first-order chi connectivity index (χ1) is 16.6. The maximum atomic E-state index is 12.1. The van der Waals surface area contributed by atoms with Crippen LogP contribution in [0, 0.1) is 11.8 Å². The number of hydrogen-bond donors (Lipinski definition) is 4. The number of hydrogen-bond acceptors (Lipinski definition) is 4. The first kappa shape index (κ1) is 23.9. The molecule has 0 bridgehead atoms. The van der Waals surface area contributed by atoms with Crippen LogP contribution < -0.4 is 0 Å². The molecule has 0 heterocycles. The second-order valence-corrected chi connectivity index (χ2v) is 9.05. The normalized spacial score (nSPS) is 17.8. The second kappa shape index (κ2) is 9.21. The summed E-state index contributed by atoms with van der Waals surface area (Å²) in [6.45, 7) is 0. The Labute approximate surface area is 200 Å². The van der Waals surface area contributed by atoms with E-state index in [-0.39, 0.29) is 12.8 Å². The summed E-state index contributed by atoms with van der Waals surface area (Å²) in [6.07, 6.45) is -1.64. The monoisotopic (exact) mass is 476 g/mol. The molecule has 0 fully saturated rings. The lowest BCUT2D eigenvalue weighted by molar-refractivity contribution is -0.150. The summed E-state index contributed by atoms with van der Waals surface area (Å²) in [6, 6.07) is 18.7. The average Bonchev–Trinajstić information content (AvgIpc) is 3.05. The highest BCUT2D eigenvalue weighted by atomic mass is 16.4. The van der Waals surface area contributed by atoms with Crippen molar-refractivity contribution in [1.29, 1.82) is 0 Å². The Morgan fingerprint density at radius 2 is 1.11 bits per heavy atom. The molecule has 0 aliphatic heterocycles. The van der Waals surface area contributed by atoms with Crippen LogP contribution in [0.1, 0.15) is 36.8 Å². The van der Waals surface area contributed by atoms with E-state index in [1.807, 2.05) is 48.5 Å². The van der Waals surface area contributed by atoms with E-state index in [0.29, 0.717) is 11.1 Å². The number of rotatable bonds is 10. The van der Waals surface area contributed by atoms with E-state index in [2.05, 4.69) is 0 Å². The van der Waals surface area contributed by atoms with Crippen LogP contribution in [0.4, 0.5) is 0 Å². The lowest BCUT2D eigenvalue weighted by Crippen LogP contribution is -2.36. The van der Waals surface area contributed by atoms with Crippen LogP contribution in [0.2, 0.25) is 0 Å². The molecule has 8 nitrogen and oxygen atoms in total. The van der Waals surface area contributed by atoms with E-state index in [9.17, 15) is 39.6 Å². The van der Waals surface area contributed by atoms with Crippen molar-refractivity contribution in [3.05, 3.63) is 71.8 Å². The molecule has 0 amide bonds. The highest BCUT2D eigenvalue weighted by molar-refractivity contribution is 5.94. The minimum atomic E-state index is -1.31. The van der Waals surface area contributed by atoms with Crippen LogP contribution in [0.15, 0.2) is 60.7 Å². The van der Waals surface area contributed by atoms with Crippen molar-refractivity contribution in [1.82, 2.24) is 0 Å². The van der Waals surface area contributed by atoms with Gasteiger partial charge in [0.2, 0.25) is 0 Å².